The summed E-state index contributed by atoms with van der Waals surface area (Å²) in [6.07, 6.45) is 1.19. The van der Waals surface area contributed by atoms with Crippen LogP contribution >= 0.6 is 11.6 Å². The summed E-state index contributed by atoms with van der Waals surface area (Å²) in [4.78, 5) is 0.0227. The lowest BCUT2D eigenvalue weighted by atomic mass is 10.2. The van der Waals surface area contributed by atoms with Crippen LogP contribution in [0.4, 0.5) is 4.39 Å². The minimum absolute atomic E-state index is 0.0227. The number of aromatic hydroxyl groups is 1. The van der Waals surface area contributed by atoms with E-state index in [2.05, 4.69) is 0 Å². The number of aryl methyl sites for hydroxylation is 1. The van der Waals surface area contributed by atoms with Crippen LogP contribution in [-0.2, 0) is 10.0 Å². The lowest BCUT2D eigenvalue weighted by molar-refractivity contribution is 0.480. The van der Waals surface area contributed by atoms with Gasteiger partial charge in [0.2, 0.25) is 0 Å². The van der Waals surface area contributed by atoms with Crippen molar-refractivity contribution in [3.05, 3.63) is 59.0 Å². The fraction of sp³-hybridized carbons (Fsp3) is 0.0667. The molecule has 0 radical (unpaired) electrons. The summed E-state index contributed by atoms with van der Waals surface area (Å²) in [6, 6.07) is 8.56. The molecule has 0 spiro atoms. The maximum Gasteiger partial charge on any atom is 0.268 e. The summed E-state index contributed by atoms with van der Waals surface area (Å²) in [5.41, 5.74) is 0.633. The number of fused-ring (bicyclic) bond motifs is 1. The number of phenols is 1. The molecule has 0 aliphatic carbocycles. The van der Waals surface area contributed by atoms with E-state index < -0.39 is 15.8 Å². The largest absolute Gasteiger partial charge is 0.507 e. The van der Waals surface area contributed by atoms with E-state index in [4.69, 9.17) is 11.6 Å². The van der Waals surface area contributed by atoms with Crippen molar-refractivity contribution >= 4 is 32.5 Å². The first-order valence-electron chi connectivity index (χ1n) is 6.32. The zero-order chi connectivity index (χ0) is 16.1. The van der Waals surface area contributed by atoms with E-state index in [1.807, 2.05) is 6.92 Å². The molecule has 0 saturated carbocycles. The van der Waals surface area contributed by atoms with Gasteiger partial charge < -0.3 is 5.11 Å². The monoisotopic (exact) mass is 339 g/mol. The molecule has 0 bridgehead atoms. The topological polar surface area (TPSA) is 59.3 Å². The number of nitrogens with zero attached hydrogens (tertiary/aromatic N) is 1. The van der Waals surface area contributed by atoms with E-state index in [1.54, 1.807) is 12.1 Å². The van der Waals surface area contributed by atoms with Gasteiger partial charge in [-0.15, -0.1) is 0 Å². The second-order valence-electron chi connectivity index (χ2n) is 4.88. The van der Waals surface area contributed by atoms with Crippen LogP contribution in [-0.4, -0.2) is 17.5 Å². The SMILES string of the molecule is Cc1ccc(S(=O)(=O)n2ccc3c(O)cc(Cl)c(F)c32)cc1. The van der Waals surface area contributed by atoms with Crippen LogP contribution < -0.4 is 0 Å². The first kappa shape index (κ1) is 14.9. The highest BCUT2D eigenvalue weighted by atomic mass is 35.5. The van der Waals surface area contributed by atoms with Crippen molar-refractivity contribution in [3.63, 3.8) is 0 Å². The quantitative estimate of drug-likeness (QED) is 0.774. The molecule has 0 saturated heterocycles. The first-order valence-corrected chi connectivity index (χ1v) is 8.14. The van der Waals surface area contributed by atoms with E-state index in [0.29, 0.717) is 0 Å². The Labute approximate surface area is 131 Å². The Balaban J connectivity index is 2.33. The molecule has 0 atom stereocenters. The van der Waals surface area contributed by atoms with E-state index in [9.17, 15) is 17.9 Å². The molecule has 0 fully saturated rings. The summed E-state index contributed by atoms with van der Waals surface area (Å²) in [5, 5.41) is 9.54. The number of halogens is 2. The van der Waals surface area contributed by atoms with Gasteiger partial charge in [0.25, 0.3) is 10.0 Å². The molecule has 7 heteroatoms. The highest BCUT2D eigenvalue weighted by molar-refractivity contribution is 7.90. The molecule has 114 valence electrons. The third-order valence-electron chi connectivity index (χ3n) is 3.39. The summed E-state index contributed by atoms with van der Waals surface area (Å²) >= 11 is 5.70. The standard InChI is InChI=1S/C15H11ClFNO3S/c1-9-2-4-10(5-3-9)22(20,21)18-7-6-11-13(19)8-12(16)14(17)15(11)18/h2-8,19H,1H3. The molecule has 1 aromatic heterocycles. The van der Waals surface area contributed by atoms with E-state index in [1.165, 1.54) is 24.4 Å². The van der Waals surface area contributed by atoms with Gasteiger partial charge in [-0.1, -0.05) is 29.3 Å². The van der Waals surface area contributed by atoms with Gasteiger partial charge in [-0.2, -0.15) is 0 Å². The molecule has 1 N–H and O–H groups in total. The Morgan fingerprint density at radius 2 is 1.82 bits per heavy atom. The lowest BCUT2D eigenvalue weighted by Gasteiger charge is -2.09. The maximum atomic E-state index is 14.3. The number of hydrogen-bond acceptors (Lipinski definition) is 3. The van der Waals surface area contributed by atoms with Gasteiger partial charge in [0, 0.05) is 17.6 Å². The van der Waals surface area contributed by atoms with Crippen LogP contribution in [0.15, 0.2) is 47.5 Å². The van der Waals surface area contributed by atoms with Crippen molar-refractivity contribution in [1.29, 1.82) is 0 Å². The van der Waals surface area contributed by atoms with Gasteiger partial charge in [0.1, 0.15) is 11.3 Å². The average molecular weight is 340 g/mol. The highest BCUT2D eigenvalue weighted by Gasteiger charge is 2.23. The molecular weight excluding hydrogens is 329 g/mol. The molecule has 3 rings (SSSR count). The van der Waals surface area contributed by atoms with Gasteiger partial charge in [0.05, 0.1) is 9.92 Å². The summed E-state index contributed by atoms with van der Waals surface area (Å²) in [5.74, 6) is -1.17. The van der Waals surface area contributed by atoms with Crippen LogP contribution in [0.5, 0.6) is 5.75 Å². The van der Waals surface area contributed by atoms with Crippen LogP contribution in [0.1, 0.15) is 5.56 Å². The predicted molar refractivity (Wildman–Crippen MR) is 82.3 cm³/mol. The molecule has 1 heterocycles. The maximum absolute atomic E-state index is 14.3. The van der Waals surface area contributed by atoms with Gasteiger partial charge >= 0.3 is 0 Å². The van der Waals surface area contributed by atoms with Gasteiger partial charge in [-0.25, -0.2) is 16.8 Å². The Bertz CT molecular complexity index is 978. The molecular formula is C15H11ClFNO3S. The Kier molecular flexibility index (Phi) is 3.38. The molecule has 2 aromatic carbocycles. The fourth-order valence-electron chi connectivity index (χ4n) is 2.23. The number of hydrogen-bond donors (Lipinski definition) is 1. The Morgan fingerprint density at radius 3 is 2.45 bits per heavy atom. The molecule has 0 aliphatic heterocycles. The van der Waals surface area contributed by atoms with E-state index in [0.717, 1.165) is 15.6 Å². The van der Waals surface area contributed by atoms with Crippen molar-refractivity contribution in [3.8, 4) is 5.75 Å². The minimum atomic E-state index is -3.99. The zero-order valence-corrected chi connectivity index (χ0v) is 13.0. The van der Waals surface area contributed by atoms with Gasteiger partial charge in [0.15, 0.2) is 5.82 Å². The summed E-state index contributed by atoms with van der Waals surface area (Å²) in [6.45, 7) is 1.83. The summed E-state index contributed by atoms with van der Waals surface area (Å²) < 4.78 is 40.4. The van der Waals surface area contributed by atoms with Crippen LogP contribution in [0.2, 0.25) is 5.02 Å². The first-order chi connectivity index (χ1) is 10.3. The van der Waals surface area contributed by atoms with E-state index in [-0.39, 0.29) is 26.6 Å². The van der Waals surface area contributed by atoms with Gasteiger partial charge in [-0.3, -0.25) is 0 Å². The van der Waals surface area contributed by atoms with Crippen LogP contribution in [0, 0.1) is 12.7 Å². The number of phenolic OH excluding ortho intramolecular Hbond substituents is 1. The number of aromatic nitrogens is 1. The molecule has 0 aliphatic rings. The van der Waals surface area contributed by atoms with Crippen LogP contribution in [0.3, 0.4) is 0 Å². The smallest absolute Gasteiger partial charge is 0.268 e. The molecule has 0 amide bonds. The Morgan fingerprint density at radius 1 is 1.18 bits per heavy atom. The molecule has 4 nitrogen and oxygen atoms in total. The molecule has 0 unspecified atom stereocenters. The normalized spacial score (nSPS) is 12.0. The molecule has 22 heavy (non-hydrogen) atoms. The predicted octanol–water partition coefficient (Wildman–Crippen LogP) is 3.68. The van der Waals surface area contributed by atoms with Crippen LogP contribution in [0.25, 0.3) is 10.9 Å². The molecule has 3 aromatic rings. The second-order valence-corrected chi connectivity index (χ2v) is 7.11. The number of benzene rings is 2. The highest BCUT2D eigenvalue weighted by Crippen LogP contribution is 2.34. The van der Waals surface area contributed by atoms with E-state index >= 15 is 0 Å². The fourth-order valence-corrected chi connectivity index (χ4v) is 3.77. The van der Waals surface area contributed by atoms with Crippen molar-refractivity contribution in [2.45, 2.75) is 11.8 Å². The van der Waals surface area contributed by atoms with Crippen molar-refractivity contribution in [2.24, 2.45) is 0 Å². The van der Waals surface area contributed by atoms with Crippen molar-refractivity contribution in [1.82, 2.24) is 3.97 Å². The van der Waals surface area contributed by atoms with Crippen molar-refractivity contribution < 1.29 is 17.9 Å². The van der Waals surface area contributed by atoms with Crippen molar-refractivity contribution in [2.75, 3.05) is 0 Å². The minimum Gasteiger partial charge on any atom is -0.507 e. The zero-order valence-electron chi connectivity index (χ0n) is 11.4. The van der Waals surface area contributed by atoms with Gasteiger partial charge in [-0.05, 0) is 25.1 Å². The third-order valence-corrected chi connectivity index (χ3v) is 5.35. The summed E-state index contributed by atoms with van der Waals surface area (Å²) in [7, 11) is -3.99. The number of rotatable bonds is 2. The second kappa shape index (κ2) is 5.00. The average Bonchev–Trinajstić information content (AvgIpc) is 2.91. The lowest BCUT2D eigenvalue weighted by Crippen LogP contribution is -2.12. The Hall–Kier alpha value is -2.05. The third kappa shape index (κ3) is 2.15.